The maximum absolute atomic E-state index is 13.5. The van der Waals surface area contributed by atoms with Crippen LogP contribution in [0.3, 0.4) is 0 Å². The largest absolute Gasteiger partial charge is 0.494 e. The maximum Gasteiger partial charge on any atom is 0.223 e. The van der Waals surface area contributed by atoms with E-state index in [9.17, 15) is 4.39 Å². The van der Waals surface area contributed by atoms with Crippen LogP contribution in [0.4, 0.5) is 10.3 Å². The van der Waals surface area contributed by atoms with Gasteiger partial charge in [-0.3, -0.25) is 0 Å². The zero-order valence-electron chi connectivity index (χ0n) is 16.0. The number of hydrogen-bond donors (Lipinski definition) is 1. The molecule has 146 valence electrons. The highest BCUT2D eigenvalue weighted by Gasteiger charge is 2.16. The number of rotatable bonds is 4. The van der Waals surface area contributed by atoms with E-state index in [4.69, 9.17) is 15.5 Å². The van der Waals surface area contributed by atoms with E-state index in [1.54, 1.807) is 17.7 Å². The second kappa shape index (κ2) is 6.44. The van der Waals surface area contributed by atoms with Crippen LogP contribution in [-0.4, -0.2) is 31.3 Å². The monoisotopic (exact) mass is 390 g/mol. The lowest BCUT2D eigenvalue weighted by atomic mass is 10.2. The van der Waals surface area contributed by atoms with Crippen LogP contribution >= 0.6 is 0 Å². The molecule has 2 N–H and O–H groups in total. The lowest BCUT2D eigenvalue weighted by Gasteiger charge is -2.10. The van der Waals surface area contributed by atoms with E-state index in [2.05, 4.69) is 21.6 Å². The summed E-state index contributed by atoms with van der Waals surface area (Å²) in [5, 5.41) is 7.24. The Bertz CT molecular complexity index is 1370. The van der Waals surface area contributed by atoms with Gasteiger partial charge in [-0.15, -0.1) is 5.10 Å². The summed E-state index contributed by atoms with van der Waals surface area (Å²) in [6.07, 6.45) is 4.54. The third kappa shape index (κ3) is 2.84. The van der Waals surface area contributed by atoms with Crippen LogP contribution in [0.15, 0.2) is 48.8 Å². The molecule has 0 radical (unpaired) electrons. The second-order valence-corrected chi connectivity index (χ2v) is 7.12. The zero-order valence-corrected chi connectivity index (χ0v) is 16.0. The fourth-order valence-corrected chi connectivity index (χ4v) is 3.68. The average Bonchev–Trinajstić information content (AvgIpc) is 3.32. The van der Waals surface area contributed by atoms with E-state index in [0.29, 0.717) is 29.2 Å². The lowest BCUT2D eigenvalue weighted by Crippen LogP contribution is -2.07. The van der Waals surface area contributed by atoms with Crippen LogP contribution in [0.25, 0.3) is 27.3 Å². The summed E-state index contributed by atoms with van der Waals surface area (Å²) in [5.41, 5.74) is 7.42. The molecule has 5 rings (SSSR count). The van der Waals surface area contributed by atoms with Gasteiger partial charge in [-0.1, -0.05) is 6.07 Å². The highest BCUT2D eigenvalue weighted by molar-refractivity contribution is 5.95. The third-order valence-corrected chi connectivity index (χ3v) is 5.17. The number of fused-ring (bicyclic) bond motifs is 4. The Balaban J connectivity index is 1.54. The number of nitrogens with zero attached hydrogens (tertiary/aromatic N) is 5. The van der Waals surface area contributed by atoms with Crippen molar-refractivity contribution in [3.63, 3.8) is 0 Å². The molecule has 7 nitrogen and oxygen atoms in total. The number of benzene rings is 2. The summed E-state index contributed by atoms with van der Waals surface area (Å²) >= 11 is 0. The van der Waals surface area contributed by atoms with Crippen molar-refractivity contribution < 1.29 is 9.13 Å². The van der Waals surface area contributed by atoms with E-state index >= 15 is 0 Å². The van der Waals surface area contributed by atoms with Crippen molar-refractivity contribution in [3.05, 3.63) is 60.4 Å². The van der Waals surface area contributed by atoms with E-state index in [0.717, 1.165) is 16.2 Å². The van der Waals surface area contributed by atoms with E-state index < -0.39 is 0 Å². The number of nitrogen functional groups attached to an aromatic ring is 1. The predicted molar refractivity (Wildman–Crippen MR) is 110 cm³/mol. The molecule has 0 aliphatic carbocycles. The fourth-order valence-electron chi connectivity index (χ4n) is 3.68. The first-order valence-corrected chi connectivity index (χ1v) is 9.28. The SMILES string of the molecule is COc1cccc2c1nc(N)n1nc(CC(C)n3cc4ccc(F)cc4c3)nc21. The first-order chi connectivity index (χ1) is 14.0. The number of methoxy groups -OCH3 is 1. The summed E-state index contributed by atoms with van der Waals surface area (Å²) in [4.78, 5) is 9.15. The Morgan fingerprint density at radius 3 is 2.79 bits per heavy atom. The topological polar surface area (TPSA) is 83.3 Å². The van der Waals surface area contributed by atoms with Crippen LogP contribution in [0.2, 0.25) is 0 Å². The summed E-state index contributed by atoms with van der Waals surface area (Å²) in [6.45, 7) is 2.07. The van der Waals surface area contributed by atoms with Crippen molar-refractivity contribution in [1.82, 2.24) is 24.1 Å². The third-order valence-electron chi connectivity index (χ3n) is 5.17. The molecule has 0 amide bonds. The number of aromatic nitrogens is 5. The Morgan fingerprint density at radius 2 is 1.97 bits per heavy atom. The molecule has 3 heterocycles. The van der Waals surface area contributed by atoms with Gasteiger partial charge in [-0.05, 0) is 42.6 Å². The van der Waals surface area contributed by atoms with Crippen molar-refractivity contribution in [2.45, 2.75) is 19.4 Å². The fraction of sp³-hybridized carbons (Fsp3) is 0.190. The number of hydrogen-bond acceptors (Lipinski definition) is 5. The molecule has 29 heavy (non-hydrogen) atoms. The average molecular weight is 390 g/mol. The normalized spacial score (nSPS) is 12.8. The molecule has 0 aliphatic rings. The van der Waals surface area contributed by atoms with Gasteiger partial charge in [0.2, 0.25) is 5.95 Å². The number of nitrogens with two attached hydrogens (primary N) is 1. The zero-order chi connectivity index (χ0) is 20.1. The molecule has 2 aromatic carbocycles. The molecule has 0 spiro atoms. The van der Waals surface area contributed by atoms with Gasteiger partial charge >= 0.3 is 0 Å². The van der Waals surface area contributed by atoms with Gasteiger partial charge in [0.05, 0.1) is 7.11 Å². The molecular formula is C21H19FN6O. The van der Waals surface area contributed by atoms with Crippen LogP contribution in [0.1, 0.15) is 18.8 Å². The molecule has 0 fully saturated rings. The first kappa shape index (κ1) is 17.4. The molecule has 0 saturated carbocycles. The van der Waals surface area contributed by atoms with Crippen LogP contribution < -0.4 is 10.5 Å². The van der Waals surface area contributed by atoms with Crippen molar-refractivity contribution in [1.29, 1.82) is 0 Å². The van der Waals surface area contributed by atoms with Crippen LogP contribution in [-0.2, 0) is 6.42 Å². The number of ether oxygens (including phenoxy) is 1. The predicted octanol–water partition coefficient (Wildman–Crippen LogP) is 3.77. The number of para-hydroxylation sites is 1. The highest BCUT2D eigenvalue weighted by Crippen LogP contribution is 2.28. The van der Waals surface area contributed by atoms with Gasteiger partial charge in [0.15, 0.2) is 11.5 Å². The maximum atomic E-state index is 13.5. The minimum absolute atomic E-state index is 0.0813. The highest BCUT2D eigenvalue weighted by atomic mass is 19.1. The standard InChI is InChI=1S/C21H19FN6O/c1-12(27-10-13-6-7-15(22)9-14(13)11-27)8-18-24-20-16-4-3-5-17(29-2)19(16)25-21(23)28(20)26-18/h3-7,9-12H,8H2,1-2H3,(H2,23,25). The van der Waals surface area contributed by atoms with E-state index in [-0.39, 0.29) is 17.8 Å². The summed E-state index contributed by atoms with van der Waals surface area (Å²) in [5.74, 6) is 1.31. The van der Waals surface area contributed by atoms with Crippen molar-refractivity contribution in [2.75, 3.05) is 12.8 Å². The van der Waals surface area contributed by atoms with Crippen molar-refractivity contribution in [3.8, 4) is 5.75 Å². The molecule has 8 heteroatoms. The van der Waals surface area contributed by atoms with E-state index in [1.165, 1.54) is 12.1 Å². The molecule has 5 aromatic rings. The minimum atomic E-state index is -0.241. The Kier molecular flexibility index (Phi) is 3.87. The number of anilines is 1. The van der Waals surface area contributed by atoms with Gasteiger partial charge in [0.1, 0.15) is 17.1 Å². The second-order valence-electron chi connectivity index (χ2n) is 7.12. The van der Waals surface area contributed by atoms with Gasteiger partial charge < -0.3 is 15.0 Å². The summed E-state index contributed by atoms with van der Waals surface area (Å²) in [6, 6.07) is 10.5. The number of halogens is 1. The smallest absolute Gasteiger partial charge is 0.223 e. The molecule has 1 atom stereocenters. The van der Waals surface area contributed by atoms with Gasteiger partial charge in [-0.25, -0.2) is 14.4 Å². The molecule has 0 aliphatic heterocycles. The Hall–Kier alpha value is -3.68. The minimum Gasteiger partial charge on any atom is -0.494 e. The quantitative estimate of drug-likeness (QED) is 0.505. The van der Waals surface area contributed by atoms with Crippen molar-refractivity contribution >= 4 is 33.3 Å². The molecule has 0 bridgehead atoms. The Labute approximate surface area is 165 Å². The summed E-state index contributed by atoms with van der Waals surface area (Å²) < 4.78 is 22.5. The molecular weight excluding hydrogens is 371 g/mol. The molecule has 0 saturated heterocycles. The van der Waals surface area contributed by atoms with Gasteiger partial charge in [0, 0.05) is 35.6 Å². The van der Waals surface area contributed by atoms with Crippen molar-refractivity contribution in [2.24, 2.45) is 0 Å². The van der Waals surface area contributed by atoms with Crippen LogP contribution in [0, 0.1) is 5.82 Å². The molecule has 3 aromatic heterocycles. The lowest BCUT2D eigenvalue weighted by molar-refractivity contribution is 0.419. The first-order valence-electron chi connectivity index (χ1n) is 9.28. The summed E-state index contributed by atoms with van der Waals surface area (Å²) in [7, 11) is 1.60. The Morgan fingerprint density at radius 1 is 1.14 bits per heavy atom. The van der Waals surface area contributed by atoms with Crippen LogP contribution in [0.5, 0.6) is 5.75 Å². The van der Waals surface area contributed by atoms with Gasteiger partial charge in [0.25, 0.3) is 0 Å². The van der Waals surface area contributed by atoms with E-state index in [1.807, 2.05) is 30.6 Å². The molecule has 1 unspecified atom stereocenters. The van der Waals surface area contributed by atoms with Gasteiger partial charge in [-0.2, -0.15) is 4.52 Å².